The highest BCUT2D eigenvalue weighted by atomic mass is 31.2. The number of carbonyl (C=O) groups excluding carboxylic acids is 1. The van der Waals surface area contributed by atoms with E-state index in [9.17, 15) is 19.4 Å². The van der Waals surface area contributed by atoms with Crippen LogP contribution in [0.25, 0.3) is 0 Å². The number of nitrogens with one attached hydrogen (secondary N) is 1. The number of aliphatic hydroxyl groups is 1. The summed E-state index contributed by atoms with van der Waals surface area (Å²) in [5.74, 6) is -0.202. The van der Waals surface area contributed by atoms with Crippen molar-refractivity contribution in [1.29, 1.82) is 0 Å². The molecule has 0 aliphatic heterocycles. The van der Waals surface area contributed by atoms with Crippen molar-refractivity contribution in [2.75, 3.05) is 40.9 Å². The second kappa shape index (κ2) is 56.4. The second-order valence-electron chi connectivity index (χ2n) is 23.5. The second-order valence-corrected chi connectivity index (χ2v) is 24.9. The zero-order valence-corrected chi connectivity index (χ0v) is 51.0. The molecule has 0 spiro atoms. The molecule has 3 atom stereocenters. The molecule has 438 valence electrons. The molecular formula is C65H127N2O6P. The van der Waals surface area contributed by atoms with Crippen LogP contribution in [-0.2, 0) is 18.4 Å². The van der Waals surface area contributed by atoms with E-state index in [2.05, 4.69) is 43.5 Å². The largest absolute Gasteiger partial charge is 0.756 e. The van der Waals surface area contributed by atoms with Gasteiger partial charge in [0, 0.05) is 6.42 Å². The van der Waals surface area contributed by atoms with Crippen molar-refractivity contribution in [1.82, 2.24) is 5.32 Å². The van der Waals surface area contributed by atoms with Crippen LogP contribution in [0.15, 0.2) is 36.5 Å². The minimum absolute atomic E-state index is 0.00490. The number of hydrogen-bond donors (Lipinski definition) is 2. The SMILES string of the molecule is CCCCCCCCCCCCCC/C=C\CCCCCCCCCCCCCCCCCCC(=O)NC(COP(=O)([O-])OCC[N+](C)(C)C)C(O)/C=C/CC/C=C/CCCCCCCCCCCCCCCC. The number of quaternary nitrogens is 1. The van der Waals surface area contributed by atoms with Crippen molar-refractivity contribution in [2.45, 2.75) is 334 Å². The molecule has 0 aromatic rings. The number of carbonyl (C=O) groups is 1. The zero-order valence-electron chi connectivity index (χ0n) is 50.1. The van der Waals surface area contributed by atoms with E-state index >= 15 is 0 Å². The van der Waals surface area contributed by atoms with Gasteiger partial charge in [-0.1, -0.05) is 294 Å². The Hall–Kier alpha value is -1.28. The average Bonchev–Trinajstić information content (AvgIpc) is 3.36. The lowest BCUT2D eigenvalue weighted by Gasteiger charge is -2.29. The van der Waals surface area contributed by atoms with E-state index < -0.39 is 20.0 Å². The number of phosphoric acid groups is 1. The lowest BCUT2D eigenvalue weighted by molar-refractivity contribution is -0.870. The van der Waals surface area contributed by atoms with Gasteiger partial charge in [-0.3, -0.25) is 9.36 Å². The quantitative estimate of drug-likeness (QED) is 0.0272. The summed E-state index contributed by atoms with van der Waals surface area (Å²) < 4.78 is 23.4. The maximum absolute atomic E-state index is 13.0. The molecule has 1 amide bonds. The Morgan fingerprint density at radius 3 is 1.09 bits per heavy atom. The van der Waals surface area contributed by atoms with Crippen LogP contribution in [0.5, 0.6) is 0 Å². The molecule has 0 saturated heterocycles. The van der Waals surface area contributed by atoms with E-state index in [0.29, 0.717) is 17.4 Å². The van der Waals surface area contributed by atoms with Gasteiger partial charge in [0.15, 0.2) is 0 Å². The fraction of sp³-hybridized carbons (Fsp3) is 0.892. The first-order valence-electron chi connectivity index (χ1n) is 32.4. The zero-order chi connectivity index (χ0) is 54.2. The van der Waals surface area contributed by atoms with Gasteiger partial charge in [-0.2, -0.15) is 0 Å². The molecule has 0 heterocycles. The monoisotopic (exact) mass is 1060 g/mol. The topological polar surface area (TPSA) is 108 Å². The first-order chi connectivity index (χ1) is 36.0. The summed E-state index contributed by atoms with van der Waals surface area (Å²) in [6.45, 7) is 4.68. The number of likely N-dealkylation sites (N-methyl/N-ethyl adjacent to an activating group) is 1. The summed E-state index contributed by atoms with van der Waals surface area (Å²) in [6.07, 6.45) is 74.0. The standard InChI is InChI=1S/C65H127N2O6P/c1-6-8-10-12-14-16-18-20-22-24-26-28-29-30-31-32-33-34-35-36-37-38-39-41-43-45-47-49-51-53-55-57-59-65(69)66-63(62-73-74(70,71)72-61-60-67(3,4)5)64(68)58-56-54-52-50-48-46-44-42-40-27-25-23-21-19-17-15-13-11-9-7-2/h30-31,48,50,56,58,63-64,68H,6-29,32-47,49,51-55,57,59-62H2,1-5H3,(H-,66,69,70,71)/b31-30-,50-48+,58-56+. The van der Waals surface area contributed by atoms with Gasteiger partial charge in [-0.05, 0) is 57.8 Å². The predicted octanol–water partition coefficient (Wildman–Crippen LogP) is 19.5. The highest BCUT2D eigenvalue weighted by Gasteiger charge is 2.23. The molecule has 0 fully saturated rings. The maximum Gasteiger partial charge on any atom is 0.268 e. The van der Waals surface area contributed by atoms with Gasteiger partial charge in [0.1, 0.15) is 13.2 Å². The van der Waals surface area contributed by atoms with E-state index in [1.807, 2.05) is 27.2 Å². The molecule has 0 saturated carbocycles. The van der Waals surface area contributed by atoms with Gasteiger partial charge in [-0.25, -0.2) is 0 Å². The molecule has 9 heteroatoms. The molecule has 0 rings (SSSR count). The van der Waals surface area contributed by atoms with Crippen molar-refractivity contribution < 1.29 is 32.9 Å². The fourth-order valence-corrected chi connectivity index (χ4v) is 10.5. The number of hydrogen-bond acceptors (Lipinski definition) is 6. The lowest BCUT2D eigenvalue weighted by atomic mass is 10.0. The minimum atomic E-state index is -4.61. The maximum atomic E-state index is 13.0. The molecule has 0 aromatic carbocycles. The Bertz CT molecular complexity index is 1300. The highest BCUT2D eigenvalue weighted by Crippen LogP contribution is 2.38. The van der Waals surface area contributed by atoms with Crippen LogP contribution in [0.3, 0.4) is 0 Å². The third-order valence-electron chi connectivity index (χ3n) is 14.8. The minimum Gasteiger partial charge on any atom is -0.756 e. The molecule has 0 aliphatic rings. The molecule has 8 nitrogen and oxygen atoms in total. The van der Waals surface area contributed by atoms with Crippen LogP contribution in [0.1, 0.15) is 322 Å². The molecule has 74 heavy (non-hydrogen) atoms. The first kappa shape index (κ1) is 72.7. The van der Waals surface area contributed by atoms with Gasteiger partial charge in [0.25, 0.3) is 7.82 Å². The van der Waals surface area contributed by atoms with Gasteiger partial charge in [0.05, 0.1) is 39.9 Å². The Kier molecular flexibility index (Phi) is 55.5. The predicted molar refractivity (Wildman–Crippen MR) is 321 cm³/mol. The molecule has 3 unspecified atom stereocenters. The summed E-state index contributed by atoms with van der Waals surface area (Å²) in [4.78, 5) is 25.5. The molecule has 0 aliphatic carbocycles. The number of allylic oxidation sites excluding steroid dienone is 5. The van der Waals surface area contributed by atoms with Crippen LogP contribution < -0.4 is 10.2 Å². The number of nitrogens with zero attached hydrogens (tertiary/aromatic N) is 1. The average molecular weight is 1060 g/mol. The third-order valence-corrected chi connectivity index (χ3v) is 15.8. The van der Waals surface area contributed by atoms with E-state index in [4.69, 9.17) is 9.05 Å². The van der Waals surface area contributed by atoms with Crippen molar-refractivity contribution in [2.24, 2.45) is 0 Å². The van der Waals surface area contributed by atoms with Crippen LogP contribution in [0.2, 0.25) is 0 Å². The van der Waals surface area contributed by atoms with Gasteiger partial charge in [-0.15, -0.1) is 0 Å². The summed E-state index contributed by atoms with van der Waals surface area (Å²) in [6, 6.07) is -0.903. The molecule has 0 bridgehead atoms. The lowest BCUT2D eigenvalue weighted by Crippen LogP contribution is -2.45. The van der Waals surface area contributed by atoms with Crippen molar-refractivity contribution in [3.8, 4) is 0 Å². The molecule has 0 aromatic heterocycles. The van der Waals surface area contributed by atoms with Gasteiger partial charge < -0.3 is 28.8 Å². The summed E-state index contributed by atoms with van der Waals surface area (Å²) >= 11 is 0. The summed E-state index contributed by atoms with van der Waals surface area (Å²) in [5, 5.41) is 13.9. The molecule has 2 N–H and O–H groups in total. The fourth-order valence-electron chi connectivity index (χ4n) is 9.76. The molecule has 0 radical (unpaired) electrons. The normalized spacial score (nSPS) is 14.0. The van der Waals surface area contributed by atoms with E-state index in [-0.39, 0.29) is 19.1 Å². The van der Waals surface area contributed by atoms with Crippen LogP contribution in [0, 0.1) is 0 Å². The van der Waals surface area contributed by atoms with Gasteiger partial charge >= 0.3 is 0 Å². The Morgan fingerprint density at radius 1 is 0.459 bits per heavy atom. The Labute approximate surface area is 461 Å². The Morgan fingerprint density at radius 2 is 0.757 bits per heavy atom. The summed E-state index contributed by atoms with van der Waals surface area (Å²) in [5.41, 5.74) is 0. The highest BCUT2D eigenvalue weighted by molar-refractivity contribution is 7.45. The van der Waals surface area contributed by atoms with Crippen LogP contribution in [-0.4, -0.2) is 68.5 Å². The third kappa shape index (κ3) is 58.4. The van der Waals surface area contributed by atoms with Crippen molar-refractivity contribution >= 4 is 13.7 Å². The van der Waals surface area contributed by atoms with Crippen molar-refractivity contribution in [3.05, 3.63) is 36.5 Å². The van der Waals surface area contributed by atoms with Crippen LogP contribution >= 0.6 is 7.82 Å². The van der Waals surface area contributed by atoms with Gasteiger partial charge in [0.2, 0.25) is 5.91 Å². The van der Waals surface area contributed by atoms with Crippen LogP contribution in [0.4, 0.5) is 0 Å². The smallest absolute Gasteiger partial charge is 0.268 e. The number of unbranched alkanes of at least 4 members (excludes halogenated alkanes) is 43. The first-order valence-corrected chi connectivity index (χ1v) is 33.8. The van der Waals surface area contributed by atoms with E-state index in [1.54, 1.807) is 6.08 Å². The summed E-state index contributed by atoms with van der Waals surface area (Å²) in [7, 11) is 1.26. The number of amides is 1. The van der Waals surface area contributed by atoms with E-state index in [0.717, 1.165) is 38.5 Å². The number of rotatable bonds is 60. The number of phosphoric ester groups is 1. The van der Waals surface area contributed by atoms with Crippen molar-refractivity contribution in [3.63, 3.8) is 0 Å². The van der Waals surface area contributed by atoms with E-state index in [1.165, 1.54) is 263 Å². The molecular weight excluding hydrogens is 936 g/mol. The number of aliphatic hydroxyl groups excluding tert-OH is 1. The Balaban J connectivity index is 4.08.